The van der Waals surface area contributed by atoms with Gasteiger partial charge in [0.1, 0.15) is 12.1 Å². The van der Waals surface area contributed by atoms with Crippen molar-refractivity contribution in [2.45, 2.75) is 13.3 Å². The van der Waals surface area contributed by atoms with E-state index >= 15 is 0 Å². The molecule has 0 radical (unpaired) electrons. The molecule has 1 amide bonds. The number of anilines is 1. The Hall–Kier alpha value is -2.57. The summed E-state index contributed by atoms with van der Waals surface area (Å²) in [5.74, 6) is 1.09. The normalized spacial score (nSPS) is 10.4. The largest absolute Gasteiger partial charge is 0.494 e. The molecule has 7 nitrogen and oxygen atoms in total. The van der Waals surface area contributed by atoms with Gasteiger partial charge in [0.25, 0.3) is 5.91 Å². The minimum atomic E-state index is -0.195. The number of aryl methyl sites for hydroxylation is 1. The Bertz CT molecular complexity index is 624. The van der Waals surface area contributed by atoms with Crippen LogP contribution in [0.1, 0.15) is 23.1 Å². The predicted molar refractivity (Wildman–Crippen MR) is 79.1 cm³/mol. The lowest BCUT2D eigenvalue weighted by Crippen LogP contribution is -2.26. The van der Waals surface area contributed by atoms with Gasteiger partial charge in [0.15, 0.2) is 5.82 Å². The first-order valence-corrected chi connectivity index (χ1v) is 6.74. The number of nitrogens with zero attached hydrogens (tertiary/aromatic N) is 3. The van der Waals surface area contributed by atoms with Gasteiger partial charge in [0, 0.05) is 37.3 Å². The quantitative estimate of drug-likeness (QED) is 0.766. The summed E-state index contributed by atoms with van der Waals surface area (Å²) in [5, 5.41) is 6.96. The van der Waals surface area contributed by atoms with Crippen LogP contribution in [0.25, 0.3) is 0 Å². The number of carbonyl (C=O) groups excluding carboxylic acids is 1. The van der Waals surface area contributed by atoms with E-state index in [0.717, 1.165) is 0 Å². The van der Waals surface area contributed by atoms with Crippen molar-refractivity contribution in [3.63, 3.8) is 0 Å². The number of nitrogen functional groups attached to an aromatic ring is 1. The summed E-state index contributed by atoms with van der Waals surface area (Å²) >= 11 is 0. The molecule has 0 saturated heterocycles. The summed E-state index contributed by atoms with van der Waals surface area (Å²) in [7, 11) is 1.80. The number of rotatable bonds is 6. The first kappa shape index (κ1) is 14.8. The van der Waals surface area contributed by atoms with E-state index < -0.39 is 0 Å². The molecule has 1 aromatic carbocycles. The van der Waals surface area contributed by atoms with Crippen LogP contribution in [-0.2, 0) is 13.5 Å². The third kappa shape index (κ3) is 4.20. The van der Waals surface area contributed by atoms with E-state index in [9.17, 15) is 4.79 Å². The van der Waals surface area contributed by atoms with Crippen molar-refractivity contribution in [3.05, 3.63) is 35.9 Å². The smallest absolute Gasteiger partial charge is 0.251 e. The molecule has 0 unspecified atom stereocenters. The molecule has 112 valence electrons. The third-order valence-corrected chi connectivity index (χ3v) is 2.78. The van der Waals surface area contributed by atoms with Crippen LogP contribution in [0.4, 0.5) is 5.69 Å². The SMILES string of the molecule is CCOc1cc(N)cc(C(=O)NCCc2ncn(C)n2)c1. The molecule has 2 aromatic rings. The average Bonchev–Trinajstić information content (AvgIpc) is 2.84. The van der Waals surface area contributed by atoms with Crippen molar-refractivity contribution in [2.75, 3.05) is 18.9 Å². The second kappa shape index (κ2) is 6.74. The second-order valence-corrected chi connectivity index (χ2v) is 4.56. The number of hydrogen-bond donors (Lipinski definition) is 2. The molecule has 0 saturated carbocycles. The molecule has 0 aliphatic rings. The van der Waals surface area contributed by atoms with Crippen molar-refractivity contribution >= 4 is 11.6 Å². The Morgan fingerprint density at radius 2 is 2.24 bits per heavy atom. The highest BCUT2D eigenvalue weighted by molar-refractivity contribution is 5.95. The monoisotopic (exact) mass is 289 g/mol. The fourth-order valence-corrected chi connectivity index (χ4v) is 1.89. The molecule has 7 heteroatoms. The van der Waals surface area contributed by atoms with Crippen molar-refractivity contribution in [1.82, 2.24) is 20.1 Å². The minimum absolute atomic E-state index is 0.195. The summed E-state index contributed by atoms with van der Waals surface area (Å²) in [5.41, 5.74) is 6.74. The maximum absolute atomic E-state index is 12.1. The Kier molecular flexibility index (Phi) is 4.76. The zero-order valence-corrected chi connectivity index (χ0v) is 12.2. The van der Waals surface area contributed by atoms with Gasteiger partial charge in [0.05, 0.1) is 6.61 Å². The van der Waals surface area contributed by atoms with Gasteiger partial charge < -0.3 is 15.8 Å². The number of hydrogen-bond acceptors (Lipinski definition) is 5. The van der Waals surface area contributed by atoms with Crippen molar-refractivity contribution in [1.29, 1.82) is 0 Å². The average molecular weight is 289 g/mol. The third-order valence-electron chi connectivity index (χ3n) is 2.78. The zero-order chi connectivity index (χ0) is 15.2. The Labute approximate surface area is 123 Å². The van der Waals surface area contributed by atoms with Crippen molar-refractivity contribution < 1.29 is 9.53 Å². The maximum Gasteiger partial charge on any atom is 0.251 e. The van der Waals surface area contributed by atoms with Gasteiger partial charge in [-0.2, -0.15) is 5.10 Å². The number of ether oxygens (including phenoxy) is 1. The predicted octanol–water partition coefficient (Wildman–Crippen LogP) is 0.768. The number of aromatic nitrogens is 3. The summed E-state index contributed by atoms with van der Waals surface area (Å²) < 4.78 is 7.00. The molecule has 3 N–H and O–H groups in total. The molecule has 1 heterocycles. The fourth-order valence-electron chi connectivity index (χ4n) is 1.89. The molecule has 2 rings (SSSR count). The Morgan fingerprint density at radius 3 is 2.90 bits per heavy atom. The topological polar surface area (TPSA) is 95.1 Å². The van der Waals surface area contributed by atoms with Crippen molar-refractivity contribution in [3.8, 4) is 5.75 Å². The summed E-state index contributed by atoms with van der Waals surface area (Å²) in [6.07, 6.45) is 2.20. The lowest BCUT2D eigenvalue weighted by molar-refractivity contribution is 0.0953. The number of nitrogens with one attached hydrogen (secondary N) is 1. The summed E-state index contributed by atoms with van der Waals surface area (Å²) in [6.45, 7) is 2.86. The van der Waals surface area contributed by atoms with Crippen LogP contribution in [0.2, 0.25) is 0 Å². The number of nitrogens with two attached hydrogens (primary N) is 1. The van der Waals surface area contributed by atoms with E-state index in [2.05, 4.69) is 15.4 Å². The standard InChI is InChI=1S/C14H19N5O2/c1-3-21-12-7-10(6-11(15)8-12)14(20)16-5-4-13-17-9-19(2)18-13/h6-9H,3-5,15H2,1-2H3,(H,16,20). The van der Waals surface area contributed by atoms with Gasteiger partial charge in [0.2, 0.25) is 0 Å². The summed E-state index contributed by atoms with van der Waals surface area (Å²) in [4.78, 5) is 16.2. The van der Waals surface area contributed by atoms with Crippen LogP contribution in [-0.4, -0.2) is 33.8 Å². The van der Waals surface area contributed by atoms with Crippen molar-refractivity contribution in [2.24, 2.45) is 7.05 Å². The number of benzene rings is 1. The zero-order valence-electron chi connectivity index (χ0n) is 12.2. The van der Waals surface area contributed by atoms with E-state index in [4.69, 9.17) is 10.5 Å². The minimum Gasteiger partial charge on any atom is -0.494 e. The molecule has 0 aliphatic heterocycles. The molecular formula is C14H19N5O2. The molecule has 0 aliphatic carbocycles. The van der Waals surface area contributed by atoms with Gasteiger partial charge in [-0.25, -0.2) is 4.98 Å². The highest BCUT2D eigenvalue weighted by atomic mass is 16.5. The van der Waals surface area contributed by atoms with Crippen LogP contribution >= 0.6 is 0 Å². The van der Waals surface area contributed by atoms with Crippen LogP contribution in [0, 0.1) is 0 Å². The van der Waals surface area contributed by atoms with E-state index in [-0.39, 0.29) is 5.91 Å². The first-order valence-electron chi connectivity index (χ1n) is 6.74. The van der Waals surface area contributed by atoms with E-state index in [0.29, 0.717) is 42.4 Å². The first-order chi connectivity index (χ1) is 10.1. The molecule has 21 heavy (non-hydrogen) atoms. The fraction of sp³-hybridized carbons (Fsp3) is 0.357. The van der Waals surface area contributed by atoms with Crippen LogP contribution in [0.5, 0.6) is 5.75 Å². The highest BCUT2D eigenvalue weighted by Gasteiger charge is 2.09. The Morgan fingerprint density at radius 1 is 1.43 bits per heavy atom. The maximum atomic E-state index is 12.1. The second-order valence-electron chi connectivity index (χ2n) is 4.56. The van der Waals surface area contributed by atoms with Crippen LogP contribution in [0.3, 0.4) is 0 Å². The lowest BCUT2D eigenvalue weighted by atomic mass is 10.1. The molecule has 0 spiro atoms. The lowest BCUT2D eigenvalue weighted by Gasteiger charge is -2.08. The van der Waals surface area contributed by atoms with Gasteiger partial charge >= 0.3 is 0 Å². The molecule has 1 aromatic heterocycles. The highest BCUT2D eigenvalue weighted by Crippen LogP contribution is 2.18. The van der Waals surface area contributed by atoms with Gasteiger partial charge in [-0.1, -0.05) is 0 Å². The molecule has 0 bridgehead atoms. The van der Waals surface area contributed by atoms with Gasteiger partial charge in [-0.3, -0.25) is 9.48 Å². The number of carbonyl (C=O) groups is 1. The van der Waals surface area contributed by atoms with Gasteiger partial charge in [-0.05, 0) is 19.1 Å². The number of amides is 1. The van der Waals surface area contributed by atoms with Crippen LogP contribution in [0.15, 0.2) is 24.5 Å². The molecule has 0 atom stereocenters. The van der Waals surface area contributed by atoms with E-state index in [1.807, 2.05) is 6.92 Å². The van der Waals surface area contributed by atoms with Gasteiger partial charge in [-0.15, -0.1) is 0 Å². The summed E-state index contributed by atoms with van der Waals surface area (Å²) in [6, 6.07) is 4.99. The van der Waals surface area contributed by atoms with Crippen LogP contribution < -0.4 is 15.8 Å². The van der Waals surface area contributed by atoms with E-state index in [1.54, 1.807) is 36.3 Å². The molecule has 0 fully saturated rings. The van der Waals surface area contributed by atoms with E-state index in [1.165, 1.54) is 0 Å². The molecular weight excluding hydrogens is 270 g/mol. The Balaban J connectivity index is 1.93.